The number of hydrogen-bond donors (Lipinski definition) is 1. The van der Waals surface area contributed by atoms with Gasteiger partial charge in [-0.25, -0.2) is 0 Å². The molecular formula is C14H16F3N3S. The lowest BCUT2D eigenvalue weighted by molar-refractivity contribution is -0.137. The number of nitrogens with two attached hydrogens (primary N) is 1. The molecule has 21 heavy (non-hydrogen) atoms. The summed E-state index contributed by atoms with van der Waals surface area (Å²) in [5, 5.41) is 1.96. The lowest BCUT2D eigenvalue weighted by Gasteiger charge is -2.17. The van der Waals surface area contributed by atoms with Gasteiger partial charge < -0.3 is 5.73 Å². The van der Waals surface area contributed by atoms with Crippen molar-refractivity contribution < 1.29 is 13.2 Å². The fraction of sp³-hybridized carbons (Fsp3) is 0.429. The van der Waals surface area contributed by atoms with Gasteiger partial charge in [-0.15, -0.1) is 0 Å². The monoisotopic (exact) mass is 315 g/mol. The molecule has 0 saturated carbocycles. The van der Waals surface area contributed by atoms with Gasteiger partial charge in [0.15, 0.2) is 0 Å². The number of hydrogen-bond acceptors (Lipinski definition) is 3. The lowest BCUT2D eigenvalue weighted by Crippen LogP contribution is -2.28. The molecule has 1 aromatic carbocycles. The van der Waals surface area contributed by atoms with Crippen LogP contribution in [0.1, 0.15) is 31.9 Å². The minimum atomic E-state index is -4.49. The first-order valence-corrected chi connectivity index (χ1v) is 6.55. The molecule has 1 aromatic rings. The van der Waals surface area contributed by atoms with E-state index >= 15 is 0 Å². The molecule has 0 heterocycles. The number of nitrogens with zero attached hydrogens (tertiary/aromatic N) is 2. The molecule has 2 N–H and O–H groups in total. The molecule has 0 aliphatic rings. The van der Waals surface area contributed by atoms with Gasteiger partial charge in [-0.05, 0) is 29.9 Å². The van der Waals surface area contributed by atoms with Gasteiger partial charge in [0.25, 0.3) is 0 Å². The summed E-state index contributed by atoms with van der Waals surface area (Å²) < 4.78 is 38.4. The fourth-order valence-corrected chi connectivity index (χ4v) is 1.57. The van der Waals surface area contributed by atoms with Crippen LogP contribution < -0.4 is 5.73 Å². The standard InChI is InChI=1S/C14H16F3N3S/c1-13(2,3)12(18)19-7-9-4-5-10(14(15,16)17)11(6-9)20-8-21/h4-6H,7H2,1-3H3,(H2,18,19). The van der Waals surface area contributed by atoms with Crippen molar-refractivity contribution in [2.45, 2.75) is 33.5 Å². The van der Waals surface area contributed by atoms with Gasteiger partial charge in [0.05, 0.1) is 28.8 Å². The summed E-state index contributed by atoms with van der Waals surface area (Å²) in [4.78, 5) is 7.66. The van der Waals surface area contributed by atoms with Crippen LogP contribution in [-0.4, -0.2) is 11.0 Å². The number of halogens is 3. The Bertz CT molecular complexity index is 594. The Morgan fingerprint density at radius 2 is 1.90 bits per heavy atom. The zero-order valence-electron chi connectivity index (χ0n) is 12.0. The summed E-state index contributed by atoms with van der Waals surface area (Å²) in [6, 6.07) is 3.61. The summed E-state index contributed by atoms with van der Waals surface area (Å²) in [6.45, 7) is 5.89. The number of amidine groups is 1. The second kappa shape index (κ2) is 6.37. The molecule has 0 fully saturated rings. The molecule has 0 amide bonds. The van der Waals surface area contributed by atoms with Crippen molar-refractivity contribution >= 4 is 28.9 Å². The molecule has 114 valence electrons. The van der Waals surface area contributed by atoms with Crippen molar-refractivity contribution in [1.82, 2.24) is 0 Å². The molecule has 7 heteroatoms. The van der Waals surface area contributed by atoms with Crippen LogP contribution in [-0.2, 0) is 12.7 Å². The van der Waals surface area contributed by atoms with E-state index in [1.165, 1.54) is 12.1 Å². The molecule has 0 atom stereocenters. The Kier molecular flexibility index (Phi) is 5.25. The first-order valence-electron chi connectivity index (χ1n) is 6.14. The molecule has 3 nitrogen and oxygen atoms in total. The molecule has 0 bridgehead atoms. The van der Waals surface area contributed by atoms with E-state index in [-0.39, 0.29) is 17.6 Å². The largest absolute Gasteiger partial charge is 0.418 e. The maximum atomic E-state index is 12.8. The molecule has 1 rings (SSSR count). The Balaban J connectivity index is 3.13. The van der Waals surface area contributed by atoms with Gasteiger partial charge in [-0.2, -0.15) is 18.2 Å². The van der Waals surface area contributed by atoms with Crippen molar-refractivity contribution in [3.8, 4) is 0 Å². The summed E-state index contributed by atoms with van der Waals surface area (Å²) in [6.07, 6.45) is -4.49. The van der Waals surface area contributed by atoms with Gasteiger partial charge in [0, 0.05) is 5.41 Å². The third kappa shape index (κ3) is 4.95. The van der Waals surface area contributed by atoms with Crippen molar-refractivity contribution in [1.29, 1.82) is 0 Å². The summed E-state index contributed by atoms with van der Waals surface area (Å²) >= 11 is 4.38. The van der Waals surface area contributed by atoms with E-state index in [2.05, 4.69) is 22.2 Å². The van der Waals surface area contributed by atoms with Crippen LogP contribution in [0.15, 0.2) is 28.2 Å². The number of thiocarbonyl (C=S) groups is 1. The third-order valence-electron chi connectivity index (χ3n) is 2.73. The predicted molar refractivity (Wildman–Crippen MR) is 80.9 cm³/mol. The molecule has 0 aromatic heterocycles. The number of alkyl halides is 3. The normalized spacial score (nSPS) is 13.0. The third-order valence-corrected chi connectivity index (χ3v) is 2.83. The summed E-state index contributed by atoms with van der Waals surface area (Å²) in [7, 11) is 0. The molecule has 0 aliphatic heterocycles. The average molecular weight is 315 g/mol. The van der Waals surface area contributed by atoms with Crippen LogP contribution in [0, 0.1) is 5.41 Å². The van der Waals surface area contributed by atoms with Crippen LogP contribution in [0.5, 0.6) is 0 Å². The Morgan fingerprint density at radius 1 is 1.29 bits per heavy atom. The predicted octanol–water partition coefficient (Wildman–Crippen LogP) is 4.34. The number of isothiocyanates is 1. The molecule has 0 unspecified atom stereocenters. The van der Waals surface area contributed by atoms with E-state index in [0.717, 1.165) is 6.07 Å². The highest BCUT2D eigenvalue weighted by molar-refractivity contribution is 7.78. The topological polar surface area (TPSA) is 50.7 Å². The highest BCUT2D eigenvalue weighted by Crippen LogP contribution is 2.36. The lowest BCUT2D eigenvalue weighted by atomic mass is 9.95. The van der Waals surface area contributed by atoms with E-state index in [1.807, 2.05) is 25.9 Å². The summed E-state index contributed by atoms with van der Waals surface area (Å²) in [5.74, 6) is 0.433. The quantitative estimate of drug-likeness (QED) is 0.512. The van der Waals surface area contributed by atoms with Gasteiger partial charge in [-0.3, -0.25) is 4.99 Å². The number of rotatable bonds is 3. The van der Waals surface area contributed by atoms with Gasteiger partial charge in [-0.1, -0.05) is 26.8 Å². The van der Waals surface area contributed by atoms with Crippen molar-refractivity contribution in [2.75, 3.05) is 0 Å². The maximum absolute atomic E-state index is 12.8. The second-order valence-corrected chi connectivity index (χ2v) is 5.69. The maximum Gasteiger partial charge on any atom is 0.418 e. The highest BCUT2D eigenvalue weighted by Gasteiger charge is 2.33. The van der Waals surface area contributed by atoms with E-state index < -0.39 is 11.7 Å². The zero-order valence-corrected chi connectivity index (χ0v) is 12.8. The van der Waals surface area contributed by atoms with E-state index in [1.54, 1.807) is 0 Å². The molecule has 0 spiro atoms. The summed E-state index contributed by atoms with van der Waals surface area (Å²) in [5.41, 5.74) is 4.98. The fourth-order valence-electron chi connectivity index (χ4n) is 1.47. The van der Waals surface area contributed by atoms with Crippen LogP contribution in [0.25, 0.3) is 0 Å². The second-order valence-electron chi connectivity index (χ2n) is 5.50. The van der Waals surface area contributed by atoms with Crippen LogP contribution in [0.3, 0.4) is 0 Å². The molecule has 0 aliphatic carbocycles. The van der Waals surface area contributed by atoms with Crippen molar-refractivity contribution in [3.05, 3.63) is 29.3 Å². The SMILES string of the molecule is CC(C)(C)C(N)=NCc1ccc(C(F)(F)F)c(N=C=S)c1. The van der Waals surface area contributed by atoms with Gasteiger partial charge in [0.1, 0.15) is 0 Å². The average Bonchev–Trinajstić information content (AvgIpc) is 2.34. The molecule has 0 saturated heterocycles. The Labute approximate surface area is 126 Å². The molecule has 0 radical (unpaired) electrons. The minimum absolute atomic E-state index is 0.182. The zero-order chi connectivity index (χ0) is 16.3. The smallest absolute Gasteiger partial charge is 0.387 e. The van der Waals surface area contributed by atoms with Crippen molar-refractivity contribution in [2.24, 2.45) is 21.1 Å². The minimum Gasteiger partial charge on any atom is -0.387 e. The first kappa shape index (κ1) is 17.3. The van der Waals surface area contributed by atoms with E-state index in [9.17, 15) is 13.2 Å². The van der Waals surface area contributed by atoms with Crippen LogP contribution >= 0.6 is 12.2 Å². The number of benzene rings is 1. The molecular weight excluding hydrogens is 299 g/mol. The van der Waals surface area contributed by atoms with Crippen LogP contribution in [0.4, 0.5) is 18.9 Å². The van der Waals surface area contributed by atoms with E-state index in [0.29, 0.717) is 11.4 Å². The van der Waals surface area contributed by atoms with Gasteiger partial charge >= 0.3 is 6.18 Å². The Hall–Kier alpha value is -1.72. The highest BCUT2D eigenvalue weighted by atomic mass is 32.1. The van der Waals surface area contributed by atoms with Crippen molar-refractivity contribution in [3.63, 3.8) is 0 Å². The van der Waals surface area contributed by atoms with Gasteiger partial charge in [0.2, 0.25) is 0 Å². The van der Waals surface area contributed by atoms with Crippen LogP contribution in [0.2, 0.25) is 0 Å². The first-order chi connectivity index (χ1) is 9.55. The van der Waals surface area contributed by atoms with E-state index in [4.69, 9.17) is 5.73 Å². The Morgan fingerprint density at radius 3 is 2.38 bits per heavy atom. The number of aliphatic imine (C=N–C) groups is 2.